The lowest BCUT2D eigenvalue weighted by Gasteiger charge is -1.99. The average molecular weight is 264 g/mol. The number of ketones is 1. The smallest absolute Gasteiger partial charge is 0.163 e. The Morgan fingerprint density at radius 1 is 1.05 bits per heavy atom. The first-order valence-electron chi connectivity index (χ1n) is 6.80. The van der Waals surface area contributed by atoms with E-state index in [-0.39, 0.29) is 5.78 Å². The van der Waals surface area contributed by atoms with Crippen LogP contribution < -0.4 is 0 Å². The highest BCUT2D eigenvalue weighted by Gasteiger charge is 2.09. The molecule has 0 saturated heterocycles. The summed E-state index contributed by atoms with van der Waals surface area (Å²) in [5.41, 5.74) is 2.82. The Labute approximate surface area is 118 Å². The fourth-order valence-corrected chi connectivity index (χ4v) is 2.39. The molecule has 0 radical (unpaired) electrons. The Hall–Kier alpha value is -2.35. The maximum Gasteiger partial charge on any atom is 0.163 e. The number of carbonyl (C=O) groups excluding carboxylic acids is 1. The van der Waals surface area contributed by atoms with Crippen LogP contribution in [0.15, 0.2) is 59.0 Å². The molecule has 1 heterocycles. The summed E-state index contributed by atoms with van der Waals surface area (Å²) in [5.74, 6) is 1.03. The summed E-state index contributed by atoms with van der Waals surface area (Å²) in [6.45, 7) is 2.03. The van der Waals surface area contributed by atoms with Gasteiger partial charge in [-0.2, -0.15) is 0 Å². The number of furan rings is 1. The molecule has 0 saturated carbocycles. The van der Waals surface area contributed by atoms with E-state index in [1.165, 1.54) is 0 Å². The molecule has 2 heteroatoms. The minimum atomic E-state index is 0.155. The maximum absolute atomic E-state index is 12.1. The molecule has 0 unspecified atom stereocenters. The number of benzene rings is 2. The predicted molar refractivity (Wildman–Crippen MR) is 80.0 cm³/mol. The van der Waals surface area contributed by atoms with Crippen LogP contribution in [0.1, 0.15) is 28.1 Å². The van der Waals surface area contributed by atoms with Crippen LogP contribution in [0, 0.1) is 6.92 Å². The van der Waals surface area contributed by atoms with Gasteiger partial charge in [0.25, 0.3) is 0 Å². The highest BCUT2D eigenvalue weighted by Crippen LogP contribution is 2.23. The number of fused-ring (bicyclic) bond motifs is 1. The van der Waals surface area contributed by atoms with Gasteiger partial charge in [0.1, 0.15) is 11.3 Å². The molecule has 0 atom stereocenters. The standard InChI is InChI=1S/C18H16O2/c1-13-6-5-9-15-12-16(20-18(13)15)10-11-17(19)14-7-3-2-4-8-14/h2-9,12H,10-11H2,1H3. The maximum atomic E-state index is 12.1. The van der Waals surface area contributed by atoms with Crippen molar-refractivity contribution in [1.82, 2.24) is 0 Å². The van der Waals surface area contributed by atoms with Crippen molar-refractivity contribution in [1.29, 1.82) is 0 Å². The van der Waals surface area contributed by atoms with E-state index in [0.29, 0.717) is 12.8 Å². The second kappa shape index (κ2) is 5.33. The van der Waals surface area contributed by atoms with Crippen molar-refractivity contribution in [2.75, 3.05) is 0 Å². The van der Waals surface area contributed by atoms with E-state index in [2.05, 4.69) is 0 Å². The zero-order valence-corrected chi connectivity index (χ0v) is 11.4. The molecular formula is C18H16O2. The lowest BCUT2D eigenvalue weighted by molar-refractivity contribution is 0.0981. The first-order chi connectivity index (χ1) is 9.74. The van der Waals surface area contributed by atoms with Gasteiger partial charge in [0.15, 0.2) is 5.78 Å². The third kappa shape index (κ3) is 2.50. The van der Waals surface area contributed by atoms with Gasteiger partial charge in [-0.25, -0.2) is 0 Å². The molecule has 20 heavy (non-hydrogen) atoms. The zero-order valence-electron chi connectivity index (χ0n) is 11.4. The van der Waals surface area contributed by atoms with E-state index < -0.39 is 0 Å². The predicted octanol–water partition coefficient (Wildman–Crippen LogP) is 4.56. The topological polar surface area (TPSA) is 30.2 Å². The van der Waals surface area contributed by atoms with Crippen LogP contribution in [0.4, 0.5) is 0 Å². The second-order valence-corrected chi connectivity index (χ2v) is 5.00. The molecule has 2 aromatic carbocycles. The van der Waals surface area contributed by atoms with Gasteiger partial charge in [-0.15, -0.1) is 0 Å². The van der Waals surface area contributed by atoms with Gasteiger partial charge in [-0.05, 0) is 18.6 Å². The Morgan fingerprint density at radius 3 is 2.60 bits per heavy atom. The van der Waals surface area contributed by atoms with Gasteiger partial charge < -0.3 is 4.42 Å². The van der Waals surface area contributed by atoms with E-state index in [4.69, 9.17) is 4.42 Å². The average Bonchev–Trinajstić information content (AvgIpc) is 2.90. The molecule has 100 valence electrons. The number of carbonyl (C=O) groups is 1. The van der Waals surface area contributed by atoms with E-state index in [0.717, 1.165) is 27.9 Å². The van der Waals surface area contributed by atoms with Crippen LogP contribution in [-0.2, 0) is 6.42 Å². The molecule has 0 bridgehead atoms. The summed E-state index contributed by atoms with van der Waals surface area (Å²) in [6.07, 6.45) is 1.12. The number of aryl methyl sites for hydroxylation is 2. The Morgan fingerprint density at radius 2 is 1.85 bits per heavy atom. The van der Waals surface area contributed by atoms with Gasteiger partial charge in [0, 0.05) is 23.8 Å². The number of hydrogen-bond donors (Lipinski definition) is 0. The Kier molecular flexibility index (Phi) is 3.38. The van der Waals surface area contributed by atoms with Gasteiger partial charge in [0.05, 0.1) is 0 Å². The van der Waals surface area contributed by atoms with Crippen molar-refractivity contribution in [3.8, 4) is 0 Å². The number of rotatable bonds is 4. The minimum absolute atomic E-state index is 0.155. The van der Waals surface area contributed by atoms with Crippen LogP contribution in [0.2, 0.25) is 0 Å². The quantitative estimate of drug-likeness (QED) is 0.647. The third-order valence-corrected chi connectivity index (χ3v) is 3.49. The van der Waals surface area contributed by atoms with E-state index >= 15 is 0 Å². The van der Waals surface area contributed by atoms with Gasteiger partial charge in [-0.3, -0.25) is 4.79 Å². The first kappa shape index (κ1) is 12.7. The molecule has 1 aromatic heterocycles. The molecule has 0 aliphatic carbocycles. The summed E-state index contributed by atoms with van der Waals surface area (Å²) in [6, 6.07) is 17.5. The molecule has 0 aliphatic heterocycles. The van der Waals surface area contributed by atoms with Crippen molar-refractivity contribution in [3.05, 3.63) is 71.5 Å². The molecule has 0 aliphatic rings. The highest BCUT2D eigenvalue weighted by atomic mass is 16.3. The van der Waals surface area contributed by atoms with E-state index in [1.54, 1.807) is 0 Å². The third-order valence-electron chi connectivity index (χ3n) is 3.49. The second-order valence-electron chi connectivity index (χ2n) is 5.00. The molecule has 0 amide bonds. The first-order valence-corrected chi connectivity index (χ1v) is 6.80. The molecule has 0 N–H and O–H groups in total. The monoisotopic (exact) mass is 264 g/mol. The van der Waals surface area contributed by atoms with Gasteiger partial charge in [0.2, 0.25) is 0 Å². The van der Waals surface area contributed by atoms with Crippen LogP contribution in [0.25, 0.3) is 11.0 Å². The fraction of sp³-hybridized carbons (Fsp3) is 0.167. The van der Waals surface area contributed by atoms with Crippen molar-refractivity contribution in [2.45, 2.75) is 19.8 Å². The summed E-state index contributed by atoms with van der Waals surface area (Å²) in [5, 5.41) is 1.10. The molecule has 3 rings (SSSR count). The highest BCUT2D eigenvalue weighted by molar-refractivity contribution is 5.96. The molecule has 0 fully saturated rings. The van der Waals surface area contributed by atoms with E-state index in [9.17, 15) is 4.79 Å². The SMILES string of the molecule is Cc1cccc2cc(CCC(=O)c3ccccc3)oc12. The Bertz CT molecular complexity index is 738. The molecule has 2 nitrogen and oxygen atoms in total. The lowest BCUT2D eigenvalue weighted by Crippen LogP contribution is -2.00. The largest absolute Gasteiger partial charge is 0.461 e. The lowest BCUT2D eigenvalue weighted by atomic mass is 10.1. The molecular weight excluding hydrogens is 248 g/mol. The minimum Gasteiger partial charge on any atom is -0.461 e. The molecule has 3 aromatic rings. The van der Waals surface area contributed by atoms with Crippen molar-refractivity contribution in [2.24, 2.45) is 0 Å². The van der Waals surface area contributed by atoms with Crippen molar-refractivity contribution >= 4 is 16.8 Å². The zero-order chi connectivity index (χ0) is 13.9. The van der Waals surface area contributed by atoms with Crippen molar-refractivity contribution < 1.29 is 9.21 Å². The normalized spacial score (nSPS) is 10.8. The summed E-state index contributed by atoms with van der Waals surface area (Å²) >= 11 is 0. The van der Waals surface area contributed by atoms with Gasteiger partial charge >= 0.3 is 0 Å². The van der Waals surface area contributed by atoms with Crippen LogP contribution in [0.5, 0.6) is 0 Å². The fourth-order valence-electron chi connectivity index (χ4n) is 2.39. The Balaban J connectivity index is 1.74. The van der Waals surface area contributed by atoms with Crippen LogP contribution in [-0.4, -0.2) is 5.78 Å². The van der Waals surface area contributed by atoms with Crippen molar-refractivity contribution in [3.63, 3.8) is 0 Å². The summed E-state index contributed by atoms with van der Waals surface area (Å²) in [7, 11) is 0. The van der Waals surface area contributed by atoms with E-state index in [1.807, 2.05) is 61.5 Å². The number of hydrogen-bond acceptors (Lipinski definition) is 2. The van der Waals surface area contributed by atoms with Crippen LogP contribution >= 0.6 is 0 Å². The van der Waals surface area contributed by atoms with Crippen LogP contribution in [0.3, 0.4) is 0 Å². The number of Topliss-reactive ketones (excluding diaryl/α,β-unsaturated/α-hetero) is 1. The summed E-state index contributed by atoms with van der Waals surface area (Å²) in [4.78, 5) is 12.1. The van der Waals surface area contributed by atoms with Gasteiger partial charge in [-0.1, -0.05) is 48.5 Å². The summed E-state index contributed by atoms with van der Waals surface area (Å²) < 4.78 is 5.83. The molecule has 0 spiro atoms. The number of para-hydroxylation sites is 1.